The van der Waals surface area contributed by atoms with Gasteiger partial charge in [-0.25, -0.2) is 0 Å². The molecule has 2 unspecified atom stereocenters. The van der Waals surface area contributed by atoms with Crippen molar-refractivity contribution in [1.29, 1.82) is 0 Å². The summed E-state index contributed by atoms with van der Waals surface area (Å²) in [6.45, 7) is -0.997. The molecule has 1 rings (SSSR count). The zero-order valence-corrected chi connectivity index (χ0v) is 62.8. The normalized spacial score (nSPS) is 17.3. The number of hydrogen-bond donors (Lipinski definition) is 26. The average molecular weight is 1580 g/mol. The van der Waals surface area contributed by atoms with Gasteiger partial charge in [-0.15, -0.1) is 0 Å². The molecule has 1 saturated carbocycles. The molecule has 0 aromatic heterocycles. The van der Waals surface area contributed by atoms with Crippen LogP contribution in [-0.2, 0) is 46.3 Å². The number of carbonyl (C=O) groups excluding carboxylic acids is 2. The topological polar surface area (TPSA) is 840 Å². The predicted molar refractivity (Wildman–Crippen MR) is 348 cm³/mol. The van der Waals surface area contributed by atoms with Crippen LogP contribution in [0.2, 0.25) is 0 Å². The van der Waals surface area contributed by atoms with Gasteiger partial charge in [0.05, 0.1) is 54.6 Å². The highest BCUT2D eigenvalue weighted by Crippen LogP contribution is 2.45. The molecule has 45 heteroatoms. The largest absolute Gasteiger partial charge is 0.790 e. The highest BCUT2D eigenvalue weighted by atomic mass is 31.2. The van der Waals surface area contributed by atoms with Gasteiger partial charge >= 0.3 is 11.9 Å². The van der Waals surface area contributed by atoms with Crippen LogP contribution in [0.25, 0.3) is 0 Å². The van der Waals surface area contributed by atoms with Crippen molar-refractivity contribution in [3.05, 3.63) is 0 Å². The lowest BCUT2D eigenvalue weighted by molar-refractivity contribution is -0.495. The average Bonchev–Trinajstić information content (AvgIpc) is 0.772. The van der Waals surface area contributed by atoms with E-state index in [1.54, 1.807) is 0 Å². The van der Waals surface area contributed by atoms with Crippen LogP contribution in [0.3, 0.4) is 0 Å². The fourth-order valence-electron chi connectivity index (χ4n) is 7.47. The van der Waals surface area contributed by atoms with Crippen LogP contribution in [-0.4, -0.2) is 309 Å². The van der Waals surface area contributed by atoms with E-state index < -0.39 is 131 Å². The minimum Gasteiger partial charge on any atom is -0.790 e. The van der Waals surface area contributed by atoms with Gasteiger partial charge in [-0.1, -0.05) is 129 Å². The van der Waals surface area contributed by atoms with Gasteiger partial charge in [0, 0.05) is 6.42 Å². The smallest absolute Gasteiger partial charge is 0.308 e. The van der Waals surface area contributed by atoms with Gasteiger partial charge < -0.3 is 203 Å². The highest BCUT2D eigenvalue weighted by Gasteiger charge is 2.52. The summed E-state index contributed by atoms with van der Waals surface area (Å²) in [5.41, 5.74) is 14.5. The molecule has 0 aromatic rings. The van der Waals surface area contributed by atoms with Crippen LogP contribution in [0.1, 0.15) is 162 Å². The van der Waals surface area contributed by atoms with Crippen LogP contribution in [0.5, 0.6) is 0 Å². The Morgan fingerprint density at radius 3 is 0.699 bits per heavy atom. The fourth-order valence-corrected chi connectivity index (χ4v) is 9.10. The molecule has 1 fully saturated rings. The Morgan fingerprint density at radius 1 is 0.330 bits per heavy atom. The van der Waals surface area contributed by atoms with E-state index in [1.165, 1.54) is 19.3 Å². The molecule has 0 spiro atoms. The Kier molecular flexibility index (Phi) is 68.5. The number of carbonyl (C=O) groups is 2. The van der Waals surface area contributed by atoms with Gasteiger partial charge in [0.25, 0.3) is 0 Å². The number of phosphoric ester groups is 3. The van der Waals surface area contributed by atoms with Crippen molar-refractivity contribution >= 4 is 35.4 Å². The lowest BCUT2D eigenvalue weighted by atomic mass is 9.87. The first-order valence-electron chi connectivity index (χ1n) is 33.8. The third kappa shape index (κ3) is 61.7. The van der Waals surface area contributed by atoms with E-state index in [0.717, 1.165) is 83.5 Å². The maximum atomic E-state index is 13.1. The monoisotopic (exact) mass is 1580 g/mol. The summed E-state index contributed by atoms with van der Waals surface area (Å²) >= 11 is 0. The number of esters is 2. The standard InChI is InChI=1S/C34H67O18P3.6C4H11NO3/c1-3-5-7-9-11-13-15-17-19-21-26(35)23-30(37)48-32-28(50-53(39,40)41)25-29(51-54(42,43)44)33(52-55(45,46)47)34(32)49-31(38)24-27(36)22-20-18-16-14-12-10-8-6-4-2;6*5-4(1-6,2-7)3-8/h26-29,32-36H,3-25H2,1-2H3,(H2,39,40,41)(H2,42,43,44)(H2,45,46,47);6*6-8H,1-3,5H2/t26?,27?,28-,29+,32-,33-,34-;;;;;;/m0....../s1. The van der Waals surface area contributed by atoms with E-state index in [2.05, 4.69) is 61.8 Å². The van der Waals surface area contributed by atoms with Crippen molar-refractivity contribution in [1.82, 2.24) is 0 Å². The minimum absolute atomic E-state index is 0.129. The fraction of sp³-hybridized carbons (Fsp3) is 0.966. The van der Waals surface area contributed by atoms with E-state index in [4.69, 9.17) is 101 Å². The zero-order chi connectivity index (χ0) is 81.2. The van der Waals surface area contributed by atoms with Crippen molar-refractivity contribution in [2.45, 2.75) is 237 Å². The molecule has 0 bridgehead atoms. The van der Waals surface area contributed by atoms with Gasteiger partial charge in [-0.3, -0.25) is 9.59 Å². The zero-order valence-electron chi connectivity index (χ0n) is 60.1. The lowest BCUT2D eigenvalue weighted by Gasteiger charge is -2.50. The van der Waals surface area contributed by atoms with Gasteiger partial charge in [0.2, 0.25) is 0 Å². The summed E-state index contributed by atoms with van der Waals surface area (Å²) in [5, 5.41) is 172. The number of ether oxygens (including phenoxy) is 2. The molecule has 0 amide bonds. The highest BCUT2D eigenvalue weighted by molar-refractivity contribution is 7.43. The van der Waals surface area contributed by atoms with Crippen molar-refractivity contribution in [3.63, 3.8) is 0 Å². The first-order valence-corrected chi connectivity index (χ1v) is 38.2. The predicted octanol–water partition coefficient (Wildman–Crippen LogP) is -16.1. The summed E-state index contributed by atoms with van der Waals surface area (Å²) in [6, 6.07) is 0. The van der Waals surface area contributed by atoms with E-state index in [9.17, 15) is 62.9 Å². The molecule has 0 saturated heterocycles. The number of quaternary nitrogens is 6. The Hall–Kier alpha value is -1.77. The maximum absolute atomic E-state index is 13.1. The lowest BCUT2D eigenvalue weighted by Crippen LogP contribution is -2.78. The maximum Gasteiger partial charge on any atom is 0.308 e. The number of phosphoric acid groups is 3. The van der Waals surface area contributed by atoms with Crippen LogP contribution in [0.15, 0.2) is 0 Å². The van der Waals surface area contributed by atoms with E-state index >= 15 is 0 Å². The molecule has 0 aliphatic heterocycles. The molecular weight excluding hydrogens is 1450 g/mol. The molecule has 0 radical (unpaired) electrons. The van der Waals surface area contributed by atoms with E-state index in [-0.39, 0.29) is 132 Å². The second-order valence-corrected chi connectivity index (χ2v) is 29.5. The second kappa shape index (κ2) is 62.9. The second-order valence-electron chi connectivity index (χ2n) is 26.1. The molecule has 7 atom stereocenters. The Bertz CT molecular complexity index is 1960. The molecule has 626 valence electrons. The summed E-state index contributed by atoms with van der Waals surface area (Å²) < 4.78 is 58.8. The van der Waals surface area contributed by atoms with Crippen LogP contribution in [0, 0.1) is 0 Å². The molecule has 103 heavy (non-hydrogen) atoms. The van der Waals surface area contributed by atoms with Crippen LogP contribution < -0.4 is 63.8 Å². The van der Waals surface area contributed by atoms with Crippen molar-refractivity contribution in [2.75, 3.05) is 119 Å². The molecular formula is C58H133N6O36P3. The third-order valence-corrected chi connectivity index (χ3v) is 16.8. The number of rotatable bonds is 50. The first-order chi connectivity index (χ1) is 47.8. The number of aliphatic hydroxyl groups excluding tert-OH is 20. The SMILES string of the molecule is CCCCCCCCCCCC(O)CC(=O)O[C@H]1[C@@H](OC(=O)CC(O)CCCCCCCCCCC)[C@@H](OP(=O)([O-])[O-])C[C@@H](OP(=O)([O-])[O-])[C@@H]1OP(=O)([O-])[O-].[NH3+]C(CO)(CO)CO.[NH3+]C(CO)(CO)CO.[NH3+]C(CO)(CO)CO.[NH3+]C(CO)(CO)CO.[NH3+]C(CO)(CO)CO.[NH3+]C(CO)(CO)CO. The summed E-state index contributed by atoms with van der Waals surface area (Å²) in [7, 11) is -18.3. The molecule has 0 aromatic carbocycles. The molecule has 42 nitrogen and oxygen atoms in total. The summed E-state index contributed by atoms with van der Waals surface area (Å²) in [4.78, 5) is 96.2. The molecule has 1 aliphatic carbocycles. The summed E-state index contributed by atoms with van der Waals surface area (Å²) in [6.07, 6.45) is 0.793. The van der Waals surface area contributed by atoms with Crippen LogP contribution >= 0.6 is 23.5 Å². The number of unbranched alkanes of at least 4 members (excludes halogenated alkanes) is 16. The van der Waals surface area contributed by atoms with Gasteiger partial charge in [-0.05, 0) is 12.8 Å². The van der Waals surface area contributed by atoms with E-state index in [0.29, 0.717) is 12.8 Å². The molecule has 0 heterocycles. The summed E-state index contributed by atoms with van der Waals surface area (Å²) in [5.74, 6) is -2.61. The Morgan fingerprint density at radius 2 is 0.515 bits per heavy atom. The molecule has 38 N–H and O–H groups in total. The van der Waals surface area contributed by atoms with Crippen molar-refractivity contribution < 1.29 is 212 Å². The third-order valence-electron chi connectivity index (χ3n) is 15.3. The van der Waals surface area contributed by atoms with Crippen molar-refractivity contribution in [3.8, 4) is 0 Å². The Labute approximate surface area is 602 Å². The van der Waals surface area contributed by atoms with Gasteiger partial charge in [0.1, 0.15) is 131 Å². The van der Waals surface area contributed by atoms with Gasteiger partial charge in [-0.2, -0.15) is 0 Å². The number of hydrogen-bond acceptors (Lipinski definition) is 36. The minimum atomic E-state index is -6.16. The molecule has 1 aliphatic rings. The van der Waals surface area contributed by atoms with Crippen molar-refractivity contribution in [2.24, 2.45) is 0 Å². The van der Waals surface area contributed by atoms with E-state index in [1.807, 2.05) is 0 Å². The quantitative estimate of drug-likeness (QED) is 0.0153. The first kappa shape index (κ1) is 112. The van der Waals surface area contributed by atoms with Gasteiger partial charge in [0.15, 0.2) is 45.4 Å². The Balaban J connectivity index is -0.000000385. The number of aliphatic hydroxyl groups is 20. The van der Waals surface area contributed by atoms with Crippen LogP contribution in [0.4, 0.5) is 0 Å².